The lowest BCUT2D eigenvalue weighted by atomic mass is 10.1. The third-order valence-electron chi connectivity index (χ3n) is 2.05. The molecule has 0 heterocycles. The molecule has 3 N–H and O–H groups in total. The number of carboxylic acid groups (broad SMARTS) is 1. The summed E-state index contributed by atoms with van der Waals surface area (Å²) < 4.78 is 0. The van der Waals surface area contributed by atoms with Crippen LogP contribution in [0.15, 0.2) is 0 Å². The van der Waals surface area contributed by atoms with Gasteiger partial charge in [0.2, 0.25) is 0 Å². The second kappa shape index (κ2) is 6.79. The first kappa shape index (κ1) is 13.4. The van der Waals surface area contributed by atoms with Gasteiger partial charge in [-0.3, -0.25) is 4.79 Å². The Morgan fingerprint density at radius 1 is 1.29 bits per heavy atom. The van der Waals surface area contributed by atoms with E-state index < -0.39 is 5.97 Å². The molecule has 0 saturated carbocycles. The molecule has 4 heteroatoms. The average molecular weight is 203 g/mol. The van der Waals surface area contributed by atoms with Crippen molar-refractivity contribution in [2.45, 2.75) is 58.2 Å². The van der Waals surface area contributed by atoms with Crippen LogP contribution in [0.4, 0.5) is 0 Å². The van der Waals surface area contributed by atoms with Gasteiger partial charge in [0.05, 0.1) is 6.10 Å². The molecule has 14 heavy (non-hydrogen) atoms. The number of hydrogen-bond donors (Lipinski definition) is 3. The third-order valence-corrected chi connectivity index (χ3v) is 2.05. The van der Waals surface area contributed by atoms with Crippen molar-refractivity contribution < 1.29 is 15.0 Å². The van der Waals surface area contributed by atoms with Crippen LogP contribution in [0.2, 0.25) is 0 Å². The summed E-state index contributed by atoms with van der Waals surface area (Å²) in [5, 5.41) is 20.8. The van der Waals surface area contributed by atoms with Gasteiger partial charge in [-0.05, 0) is 33.6 Å². The Morgan fingerprint density at radius 2 is 1.86 bits per heavy atom. The van der Waals surface area contributed by atoms with Crippen LogP contribution in [-0.2, 0) is 4.79 Å². The van der Waals surface area contributed by atoms with Crippen LogP contribution >= 0.6 is 0 Å². The fourth-order valence-corrected chi connectivity index (χ4v) is 1.49. The first-order valence-corrected chi connectivity index (χ1v) is 5.07. The number of hydrogen-bond acceptors (Lipinski definition) is 3. The Hall–Kier alpha value is -0.610. The third kappa shape index (κ3) is 8.01. The molecule has 0 bridgehead atoms. The summed E-state index contributed by atoms with van der Waals surface area (Å²) in [6.45, 7) is 5.70. The molecule has 3 atom stereocenters. The van der Waals surface area contributed by atoms with Crippen LogP contribution in [-0.4, -0.2) is 34.4 Å². The Labute approximate surface area is 85.3 Å². The van der Waals surface area contributed by atoms with E-state index in [4.69, 9.17) is 10.2 Å². The lowest BCUT2D eigenvalue weighted by molar-refractivity contribution is -0.137. The minimum absolute atomic E-state index is 0.180. The van der Waals surface area contributed by atoms with Crippen LogP contribution in [0.3, 0.4) is 0 Å². The van der Waals surface area contributed by atoms with E-state index in [0.29, 0.717) is 12.8 Å². The predicted molar refractivity (Wildman–Crippen MR) is 55.2 cm³/mol. The van der Waals surface area contributed by atoms with Gasteiger partial charge in [0.15, 0.2) is 0 Å². The molecule has 0 aliphatic rings. The van der Waals surface area contributed by atoms with Crippen molar-refractivity contribution in [2.75, 3.05) is 0 Å². The van der Waals surface area contributed by atoms with Gasteiger partial charge in [-0.15, -0.1) is 0 Å². The lowest BCUT2D eigenvalue weighted by Crippen LogP contribution is -2.36. The largest absolute Gasteiger partial charge is 0.481 e. The van der Waals surface area contributed by atoms with Gasteiger partial charge >= 0.3 is 5.97 Å². The summed E-state index contributed by atoms with van der Waals surface area (Å²) in [4.78, 5) is 10.3. The number of carboxylic acids is 1. The topological polar surface area (TPSA) is 69.6 Å². The maximum absolute atomic E-state index is 10.3. The molecule has 0 amide bonds. The Kier molecular flexibility index (Phi) is 6.49. The van der Waals surface area contributed by atoms with Gasteiger partial charge in [-0.1, -0.05) is 0 Å². The van der Waals surface area contributed by atoms with E-state index >= 15 is 0 Å². The molecular formula is C10H21NO3. The van der Waals surface area contributed by atoms with E-state index in [0.717, 1.165) is 0 Å². The molecule has 0 aromatic carbocycles. The van der Waals surface area contributed by atoms with E-state index in [1.165, 1.54) is 0 Å². The number of aliphatic carboxylic acids is 1. The van der Waals surface area contributed by atoms with Gasteiger partial charge < -0.3 is 15.5 Å². The van der Waals surface area contributed by atoms with E-state index in [-0.39, 0.29) is 24.6 Å². The zero-order valence-electron chi connectivity index (χ0n) is 9.16. The number of carbonyl (C=O) groups is 1. The molecule has 0 rings (SSSR count). The molecule has 84 valence electrons. The van der Waals surface area contributed by atoms with Gasteiger partial charge in [-0.2, -0.15) is 0 Å². The summed E-state index contributed by atoms with van der Waals surface area (Å²) in [5.74, 6) is -0.762. The van der Waals surface area contributed by atoms with E-state index in [9.17, 15) is 4.79 Å². The molecular weight excluding hydrogens is 182 g/mol. The van der Waals surface area contributed by atoms with Crippen LogP contribution in [0.25, 0.3) is 0 Å². The summed E-state index contributed by atoms with van der Waals surface area (Å²) >= 11 is 0. The first-order chi connectivity index (χ1) is 6.41. The van der Waals surface area contributed by atoms with E-state index in [2.05, 4.69) is 5.32 Å². The van der Waals surface area contributed by atoms with Gasteiger partial charge in [0.25, 0.3) is 0 Å². The summed E-state index contributed by atoms with van der Waals surface area (Å²) in [6, 6.07) is 0.402. The second-order valence-corrected chi connectivity index (χ2v) is 3.99. The minimum Gasteiger partial charge on any atom is -0.481 e. The highest BCUT2D eigenvalue weighted by atomic mass is 16.4. The molecule has 4 nitrogen and oxygen atoms in total. The normalized spacial score (nSPS) is 17.4. The minimum atomic E-state index is -0.762. The molecule has 0 radical (unpaired) electrons. The number of rotatable bonds is 7. The standard InChI is InChI=1S/C10H21NO3/c1-7(4-5-10(13)14)11-8(2)6-9(3)12/h7-9,11-12H,4-6H2,1-3H3,(H,13,14). The van der Waals surface area contributed by atoms with Crippen LogP contribution in [0, 0.1) is 0 Å². The Balaban J connectivity index is 3.59. The quantitative estimate of drug-likeness (QED) is 0.577. The molecule has 0 aliphatic heterocycles. The average Bonchev–Trinajstić information content (AvgIpc) is 1.98. The first-order valence-electron chi connectivity index (χ1n) is 5.07. The van der Waals surface area contributed by atoms with Crippen LogP contribution in [0.5, 0.6) is 0 Å². The highest BCUT2D eigenvalue weighted by Gasteiger charge is 2.10. The van der Waals surface area contributed by atoms with Gasteiger partial charge in [-0.25, -0.2) is 0 Å². The van der Waals surface area contributed by atoms with Crippen molar-refractivity contribution in [3.05, 3.63) is 0 Å². The summed E-state index contributed by atoms with van der Waals surface area (Å²) in [5.41, 5.74) is 0. The number of nitrogens with one attached hydrogen (secondary N) is 1. The summed E-state index contributed by atoms with van der Waals surface area (Å²) in [7, 11) is 0. The second-order valence-electron chi connectivity index (χ2n) is 3.99. The van der Waals surface area contributed by atoms with E-state index in [1.54, 1.807) is 6.92 Å². The van der Waals surface area contributed by atoms with Crippen LogP contribution in [0.1, 0.15) is 40.0 Å². The zero-order valence-corrected chi connectivity index (χ0v) is 9.16. The van der Waals surface area contributed by atoms with Crippen molar-refractivity contribution in [2.24, 2.45) is 0 Å². The Morgan fingerprint density at radius 3 is 2.29 bits per heavy atom. The highest BCUT2D eigenvalue weighted by molar-refractivity contribution is 5.66. The van der Waals surface area contributed by atoms with Crippen molar-refractivity contribution in [3.63, 3.8) is 0 Å². The van der Waals surface area contributed by atoms with Crippen molar-refractivity contribution in [3.8, 4) is 0 Å². The molecule has 0 aromatic rings. The van der Waals surface area contributed by atoms with Crippen molar-refractivity contribution in [1.82, 2.24) is 5.32 Å². The molecule has 0 aliphatic carbocycles. The SMILES string of the molecule is CC(O)CC(C)NC(C)CCC(=O)O. The monoisotopic (exact) mass is 203 g/mol. The fourth-order valence-electron chi connectivity index (χ4n) is 1.49. The highest BCUT2D eigenvalue weighted by Crippen LogP contribution is 2.02. The van der Waals surface area contributed by atoms with E-state index in [1.807, 2.05) is 13.8 Å². The number of aliphatic hydroxyl groups is 1. The van der Waals surface area contributed by atoms with Crippen molar-refractivity contribution in [1.29, 1.82) is 0 Å². The van der Waals surface area contributed by atoms with Gasteiger partial charge in [0, 0.05) is 18.5 Å². The maximum Gasteiger partial charge on any atom is 0.303 e. The fraction of sp³-hybridized carbons (Fsp3) is 0.900. The van der Waals surface area contributed by atoms with Gasteiger partial charge in [0.1, 0.15) is 0 Å². The zero-order chi connectivity index (χ0) is 11.1. The van der Waals surface area contributed by atoms with Crippen molar-refractivity contribution >= 4 is 5.97 Å². The van der Waals surface area contributed by atoms with Crippen LogP contribution < -0.4 is 5.32 Å². The lowest BCUT2D eigenvalue weighted by Gasteiger charge is -2.20. The molecule has 0 fully saturated rings. The molecule has 0 saturated heterocycles. The molecule has 3 unspecified atom stereocenters. The molecule has 0 aromatic heterocycles. The number of aliphatic hydroxyl groups excluding tert-OH is 1. The Bertz CT molecular complexity index is 171. The molecule has 0 spiro atoms. The predicted octanol–water partition coefficient (Wildman–Crippen LogP) is 0.989. The smallest absolute Gasteiger partial charge is 0.303 e. The summed E-state index contributed by atoms with van der Waals surface area (Å²) in [6.07, 6.45) is 1.19. The maximum atomic E-state index is 10.3.